The first-order valence-corrected chi connectivity index (χ1v) is 6.14. The van der Waals surface area contributed by atoms with E-state index in [0.717, 1.165) is 22.4 Å². The number of aryl methyl sites for hydroxylation is 2. The van der Waals surface area contributed by atoms with Crippen LogP contribution in [0.4, 0.5) is 5.95 Å². The molecule has 5 heteroatoms. The predicted molar refractivity (Wildman–Crippen MR) is 74.8 cm³/mol. The number of fused-ring (bicyclic) bond motifs is 1. The second-order valence-corrected chi connectivity index (χ2v) is 4.65. The van der Waals surface area contributed by atoms with Gasteiger partial charge in [-0.1, -0.05) is 0 Å². The Labute approximate surface area is 111 Å². The summed E-state index contributed by atoms with van der Waals surface area (Å²) < 4.78 is 1.92. The van der Waals surface area contributed by atoms with E-state index in [1.165, 1.54) is 5.56 Å². The third-order valence-corrected chi connectivity index (χ3v) is 3.24. The Morgan fingerprint density at radius 3 is 2.79 bits per heavy atom. The highest BCUT2D eigenvalue weighted by Gasteiger charge is 2.11. The molecule has 0 unspecified atom stereocenters. The first-order chi connectivity index (χ1) is 9.15. The number of imidazole rings is 1. The summed E-state index contributed by atoms with van der Waals surface area (Å²) in [6.45, 7) is 4.66. The summed E-state index contributed by atoms with van der Waals surface area (Å²) in [5.41, 5.74) is 10.9. The fourth-order valence-corrected chi connectivity index (χ4v) is 2.10. The van der Waals surface area contributed by atoms with Gasteiger partial charge in [0.05, 0.1) is 6.54 Å². The lowest BCUT2D eigenvalue weighted by Gasteiger charge is -2.08. The van der Waals surface area contributed by atoms with Crippen molar-refractivity contribution in [2.75, 3.05) is 5.73 Å². The monoisotopic (exact) mass is 253 g/mol. The van der Waals surface area contributed by atoms with Gasteiger partial charge in [0.2, 0.25) is 5.95 Å². The van der Waals surface area contributed by atoms with E-state index >= 15 is 0 Å². The third-order valence-electron chi connectivity index (χ3n) is 3.24. The van der Waals surface area contributed by atoms with Gasteiger partial charge < -0.3 is 5.73 Å². The van der Waals surface area contributed by atoms with Crippen LogP contribution < -0.4 is 5.73 Å². The van der Waals surface area contributed by atoms with Crippen LogP contribution in [0.5, 0.6) is 0 Å². The van der Waals surface area contributed by atoms with Gasteiger partial charge in [-0.05, 0) is 43.2 Å². The van der Waals surface area contributed by atoms with Crippen LogP contribution in [0.2, 0.25) is 0 Å². The van der Waals surface area contributed by atoms with E-state index in [9.17, 15) is 0 Å². The van der Waals surface area contributed by atoms with Crippen LogP contribution in [0.25, 0.3) is 11.2 Å². The van der Waals surface area contributed by atoms with E-state index in [0.29, 0.717) is 12.5 Å². The van der Waals surface area contributed by atoms with Gasteiger partial charge in [-0.15, -0.1) is 0 Å². The minimum absolute atomic E-state index is 0.483. The summed E-state index contributed by atoms with van der Waals surface area (Å²) >= 11 is 0. The fourth-order valence-electron chi connectivity index (χ4n) is 2.10. The number of nitrogens with zero attached hydrogens (tertiary/aromatic N) is 4. The first kappa shape index (κ1) is 11.6. The summed E-state index contributed by atoms with van der Waals surface area (Å²) in [7, 11) is 0. The van der Waals surface area contributed by atoms with Crippen molar-refractivity contribution < 1.29 is 0 Å². The Morgan fingerprint density at radius 1 is 1.16 bits per heavy atom. The molecule has 96 valence electrons. The van der Waals surface area contributed by atoms with E-state index in [-0.39, 0.29) is 0 Å². The zero-order chi connectivity index (χ0) is 13.4. The smallest absolute Gasteiger partial charge is 0.202 e. The van der Waals surface area contributed by atoms with Crippen molar-refractivity contribution in [2.24, 2.45) is 0 Å². The largest absolute Gasteiger partial charge is 0.369 e. The fraction of sp³-hybridized carbons (Fsp3) is 0.214. The van der Waals surface area contributed by atoms with Crippen LogP contribution in [0.3, 0.4) is 0 Å². The second kappa shape index (κ2) is 4.35. The Balaban J connectivity index is 2.12. The number of rotatable bonds is 2. The van der Waals surface area contributed by atoms with Gasteiger partial charge in [-0.2, -0.15) is 0 Å². The number of hydrogen-bond acceptors (Lipinski definition) is 4. The minimum Gasteiger partial charge on any atom is -0.369 e. The van der Waals surface area contributed by atoms with Crippen molar-refractivity contribution in [1.82, 2.24) is 19.5 Å². The summed E-state index contributed by atoms with van der Waals surface area (Å²) in [5, 5.41) is 0. The molecule has 3 aromatic rings. The van der Waals surface area contributed by atoms with Gasteiger partial charge in [-0.3, -0.25) is 9.55 Å². The highest BCUT2D eigenvalue weighted by Crippen LogP contribution is 2.19. The van der Waals surface area contributed by atoms with E-state index in [1.807, 2.05) is 35.9 Å². The summed E-state index contributed by atoms with van der Waals surface area (Å²) in [4.78, 5) is 13.0. The van der Waals surface area contributed by atoms with Crippen molar-refractivity contribution >= 4 is 17.1 Å². The lowest BCUT2D eigenvalue weighted by Crippen LogP contribution is -2.07. The van der Waals surface area contributed by atoms with E-state index in [1.54, 1.807) is 6.20 Å². The van der Waals surface area contributed by atoms with Crippen LogP contribution in [-0.2, 0) is 6.54 Å². The minimum atomic E-state index is 0.483. The van der Waals surface area contributed by atoms with Gasteiger partial charge in [0.25, 0.3) is 0 Å². The molecule has 19 heavy (non-hydrogen) atoms. The molecule has 0 fully saturated rings. The maximum atomic E-state index is 5.99. The summed E-state index contributed by atoms with van der Waals surface area (Å²) in [6, 6.07) is 5.87. The molecule has 3 aromatic heterocycles. The van der Waals surface area contributed by atoms with Gasteiger partial charge in [0.15, 0.2) is 5.65 Å². The molecule has 0 saturated heterocycles. The first-order valence-electron chi connectivity index (χ1n) is 6.14. The lowest BCUT2D eigenvalue weighted by atomic mass is 10.1. The molecule has 0 amide bonds. The number of anilines is 1. The number of hydrogen-bond donors (Lipinski definition) is 1. The van der Waals surface area contributed by atoms with Crippen molar-refractivity contribution in [3.63, 3.8) is 0 Å². The van der Waals surface area contributed by atoms with Crippen LogP contribution in [0, 0.1) is 13.8 Å². The molecular weight excluding hydrogens is 238 g/mol. The quantitative estimate of drug-likeness (QED) is 0.759. The molecule has 3 heterocycles. The predicted octanol–water partition coefficient (Wildman–Crippen LogP) is 2.07. The molecule has 0 aromatic carbocycles. The Morgan fingerprint density at radius 2 is 2.00 bits per heavy atom. The SMILES string of the molecule is Cc1ccc2nc(N)n(Cc3cnccc3C)c2n1. The highest BCUT2D eigenvalue weighted by atomic mass is 15.2. The molecule has 3 rings (SSSR count). The van der Waals surface area contributed by atoms with Gasteiger partial charge in [0.1, 0.15) is 5.52 Å². The van der Waals surface area contributed by atoms with Crippen LogP contribution >= 0.6 is 0 Å². The molecule has 0 aliphatic heterocycles. The molecule has 0 saturated carbocycles. The Hall–Kier alpha value is -2.43. The van der Waals surface area contributed by atoms with Crippen molar-refractivity contribution in [3.05, 3.63) is 47.4 Å². The lowest BCUT2D eigenvalue weighted by molar-refractivity contribution is 0.815. The van der Waals surface area contributed by atoms with Gasteiger partial charge in [0, 0.05) is 18.1 Å². The van der Waals surface area contributed by atoms with E-state index < -0.39 is 0 Å². The molecule has 0 bridgehead atoms. The Kier molecular flexibility index (Phi) is 2.67. The zero-order valence-corrected chi connectivity index (χ0v) is 11.0. The number of nitrogens with two attached hydrogens (primary N) is 1. The summed E-state index contributed by atoms with van der Waals surface area (Å²) in [5.74, 6) is 0.483. The van der Waals surface area contributed by atoms with E-state index in [2.05, 4.69) is 21.9 Å². The Bertz CT molecular complexity index is 745. The van der Waals surface area contributed by atoms with Crippen LogP contribution in [0.1, 0.15) is 16.8 Å². The molecule has 0 radical (unpaired) electrons. The molecule has 5 nitrogen and oxygen atoms in total. The van der Waals surface area contributed by atoms with Crippen molar-refractivity contribution in [1.29, 1.82) is 0 Å². The average Bonchev–Trinajstić information content (AvgIpc) is 2.69. The maximum Gasteiger partial charge on any atom is 0.202 e. The zero-order valence-electron chi connectivity index (χ0n) is 11.0. The highest BCUT2D eigenvalue weighted by molar-refractivity contribution is 5.74. The number of nitrogen functional groups attached to an aromatic ring is 1. The van der Waals surface area contributed by atoms with Crippen LogP contribution in [-0.4, -0.2) is 19.5 Å². The van der Waals surface area contributed by atoms with Crippen molar-refractivity contribution in [3.8, 4) is 0 Å². The maximum absolute atomic E-state index is 5.99. The number of aromatic nitrogens is 4. The molecule has 0 aliphatic carbocycles. The summed E-state index contributed by atoms with van der Waals surface area (Å²) in [6.07, 6.45) is 3.65. The van der Waals surface area contributed by atoms with Crippen LogP contribution in [0.15, 0.2) is 30.6 Å². The second-order valence-electron chi connectivity index (χ2n) is 4.65. The molecule has 0 aliphatic rings. The standard InChI is InChI=1S/C14H15N5/c1-9-5-6-16-7-11(9)8-19-13-12(18-14(19)15)4-3-10(2)17-13/h3-7H,8H2,1-2H3,(H2,15,18). The number of pyridine rings is 2. The van der Waals surface area contributed by atoms with Gasteiger partial charge >= 0.3 is 0 Å². The molecule has 2 N–H and O–H groups in total. The topological polar surface area (TPSA) is 69.6 Å². The molecule has 0 spiro atoms. The molecular formula is C14H15N5. The van der Waals surface area contributed by atoms with E-state index in [4.69, 9.17) is 5.73 Å². The van der Waals surface area contributed by atoms with Crippen molar-refractivity contribution in [2.45, 2.75) is 20.4 Å². The van der Waals surface area contributed by atoms with Gasteiger partial charge in [-0.25, -0.2) is 9.97 Å². The average molecular weight is 253 g/mol. The molecule has 0 atom stereocenters. The normalized spacial score (nSPS) is 11.1. The third kappa shape index (κ3) is 2.03.